The highest BCUT2D eigenvalue weighted by Gasteiger charge is 2.25. The number of carbonyl (C=O) groups excluding carboxylic acids is 1. The molecule has 0 radical (unpaired) electrons. The largest absolute Gasteiger partial charge is 0.370 e. The third-order valence-electron chi connectivity index (χ3n) is 3.35. The minimum atomic E-state index is -0.0756. The third kappa shape index (κ3) is 2.85. The molecule has 0 unspecified atom stereocenters. The van der Waals surface area contributed by atoms with Gasteiger partial charge in [-0.1, -0.05) is 0 Å². The molecular formula is C14H16N4O2. The highest BCUT2D eigenvalue weighted by atomic mass is 16.5. The molecule has 1 saturated heterocycles. The zero-order valence-electron chi connectivity index (χ0n) is 11.1. The van der Waals surface area contributed by atoms with Crippen molar-refractivity contribution in [3.05, 3.63) is 48.5 Å². The van der Waals surface area contributed by atoms with Gasteiger partial charge in [-0.05, 0) is 23.8 Å². The lowest BCUT2D eigenvalue weighted by molar-refractivity contribution is -0.139. The molecule has 1 fully saturated rings. The first-order valence-electron chi connectivity index (χ1n) is 6.59. The zero-order valence-corrected chi connectivity index (χ0v) is 11.1. The van der Waals surface area contributed by atoms with Gasteiger partial charge in [-0.2, -0.15) is 5.10 Å². The Labute approximate surface area is 117 Å². The smallest absolute Gasteiger partial charge is 0.244 e. The van der Waals surface area contributed by atoms with Crippen molar-refractivity contribution in [2.75, 3.05) is 19.7 Å². The van der Waals surface area contributed by atoms with E-state index in [4.69, 9.17) is 4.74 Å². The summed E-state index contributed by atoms with van der Waals surface area (Å²) in [4.78, 5) is 18.1. The van der Waals surface area contributed by atoms with Crippen LogP contribution in [0, 0.1) is 0 Å². The molecule has 6 heteroatoms. The van der Waals surface area contributed by atoms with Gasteiger partial charge < -0.3 is 9.64 Å². The highest BCUT2D eigenvalue weighted by molar-refractivity contribution is 5.76. The van der Waals surface area contributed by atoms with Crippen molar-refractivity contribution < 1.29 is 9.53 Å². The average Bonchev–Trinajstić information content (AvgIpc) is 3.01. The van der Waals surface area contributed by atoms with Crippen LogP contribution in [0.15, 0.2) is 43.0 Å². The Hall–Kier alpha value is -2.21. The molecule has 0 spiro atoms. The summed E-state index contributed by atoms with van der Waals surface area (Å²) < 4.78 is 7.37. The molecule has 1 aliphatic rings. The minimum absolute atomic E-state index is 0.0658. The molecule has 0 aliphatic carbocycles. The number of pyridine rings is 1. The molecule has 1 atom stereocenters. The lowest BCUT2D eigenvalue weighted by Gasteiger charge is -2.33. The van der Waals surface area contributed by atoms with E-state index in [2.05, 4.69) is 10.1 Å². The second-order valence-electron chi connectivity index (χ2n) is 4.68. The molecule has 104 valence electrons. The van der Waals surface area contributed by atoms with Crippen molar-refractivity contribution in [1.29, 1.82) is 0 Å². The van der Waals surface area contributed by atoms with Crippen LogP contribution in [0.4, 0.5) is 0 Å². The van der Waals surface area contributed by atoms with Crippen molar-refractivity contribution in [2.24, 2.45) is 0 Å². The normalized spacial score (nSPS) is 19.0. The van der Waals surface area contributed by atoms with E-state index in [1.165, 1.54) is 0 Å². The Morgan fingerprint density at radius 3 is 2.95 bits per heavy atom. The first-order valence-corrected chi connectivity index (χ1v) is 6.59. The van der Waals surface area contributed by atoms with Crippen molar-refractivity contribution >= 4 is 5.91 Å². The molecule has 0 saturated carbocycles. The summed E-state index contributed by atoms with van der Waals surface area (Å²) in [7, 11) is 0. The van der Waals surface area contributed by atoms with Gasteiger partial charge in [0.1, 0.15) is 12.6 Å². The summed E-state index contributed by atoms with van der Waals surface area (Å²) >= 11 is 0. The molecule has 6 nitrogen and oxygen atoms in total. The Balaban J connectivity index is 1.64. The van der Waals surface area contributed by atoms with Gasteiger partial charge in [0.25, 0.3) is 0 Å². The lowest BCUT2D eigenvalue weighted by Crippen LogP contribution is -2.43. The molecule has 20 heavy (non-hydrogen) atoms. The van der Waals surface area contributed by atoms with Gasteiger partial charge in [-0.15, -0.1) is 0 Å². The quantitative estimate of drug-likeness (QED) is 0.832. The fourth-order valence-corrected chi connectivity index (χ4v) is 2.29. The van der Waals surface area contributed by atoms with Crippen LogP contribution in [0.2, 0.25) is 0 Å². The Kier molecular flexibility index (Phi) is 3.73. The SMILES string of the molecule is O=C(Cn1cccn1)N1CCO[C@@H](c2ccncc2)C1. The van der Waals surface area contributed by atoms with E-state index < -0.39 is 0 Å². The molecule has 3 rings (SSSR count). The van der Waals surface area contributed by atoms with Gasteiger partial charge in [-0.3, -0.25) is 14.5 Å². The van der Waals surface area contributed by atoms with Gasteiger partial charge in [0.15, 0.2) is 0 Å². The van der Waals surface area contributed by atoms with Gasteiger partial charge in [0, 0.05) is 31.3 Å². The molecule has 0 N–H and O–H groups in total. The van der Waals surface area contributed by atoms with E-state index in [1.54, 1.807) is 29.5 Å². The van der Waals surface area contributed by atoms with Gasteiger partial charge in [0.05, 0.1) is 13.2 Å². The fraction of sp³-hybridized carbons (Fsp3) is 0.357. The van der Waals surface area contributed by atoms with Crippen LogP contribution in [-0.4, -0.2) is 45.3 Å². The molecule has 0 aromatic carbocycles. The number of carbonyl (C=O) groups is 1. The second kappa shape index (κ2) is 5.83. The molecule has 3 heterocycles. The van der Waals surface area contributed by atoms with Crippen LogP contribution >= 0.6 is 0 Å². The highest BCUT2D eigenvalue weighted by Crippen LogP contribution is 2.21. The number of aromatic nitrogens is 3. The average molecular weight is 272 g/mol. The Morgan fingerprint density at radius 1 is 1.35 bits per heavy atom. The Bertz CT molecular complexity index is 556. The number of nitrogens with zero attached hydrogens (tertiary/aromatic N) is 4. The number of ether oxygens (including phenoxy) is 1. The van der Waals surface area contributed by atoms with Crippen LogP contribution in [-0.2, 0) is 16.1 Å². The van der Waals surface area contributed by atoms with E-state index in [9.17, 15) is 4.79 Å². The maximum absolute atomic E-state index is 12.2. The van der Waals surface area contributed by atoms with Crippen LogP contribution in [0.25, 0.3) is 0 Å². The summed E-state index contributed by atoms with van der Waals surface area (Å²) in [5, 5.41) is 4.06. The van der Waals surface area contributed by atoms with Crippen molar-refractivity contribution in [1.82, 2.24) is 19.7 Å². The van der Waals surface area contributed by atoms with Crippen molar-refractivity contribution in [3.63, 3.8) is 0 Å². The summed E-state index contributed by atoms with van der Waals surface area (Å²) in [6, 6.07) is 5.66. The van der Waals surface area contributed by atoms with Crippen LogP contribution in [0.1, 0.15) is 11.7 Å². The monoisotopic (exact) mass is 272 g/mol. The van der Waals surface area contributed by atoms with Crippen LogP contribution in [0.3, 0.4) is 0 Å². The van der Waals surface area contributed by atoms with Crippen molar-refractivity contribution in [3.8, 4) is 0 Å². The first-order chi connectivity index (χ1) is 9.83. The number of morpholine rings is 1. The number of hydrogen-bond donors (Lipinski definition) is 0. The maximum atomic E-state index is 12.2. The summed E-state index contributed by atoms with van der Waals surface area (Å²) in [5.41, 5.74) is 1.05. The van der Waals surface area contributed by atoms with E-state index in [0.29, 0.717) is 19.7 Å². The zero-order chi connectivity index (χ0) is 13.8. The number of rotatable bonds is 3. The number of amides is 1. The van der Waals surface area contributed by atoms with E-state index in [1.807, 2.05) is 23.1 Å². The topological polar surface area (TPSA) is 60.2 Å². The predicted octanol–water partition coefficient (Wildman–Crippen LogP) is 0.878. The molecular weight excluding hydrogens is 256 g/mol. The third-order valence-corrected chi connectivity index (χ3v) is 3.35. The molecule has 1 amide bonds. The standard InChI is InChI=1S/C14H16N4O2/c19-14(11-18-7-1-4-16-18)17-8-9-20-13(10-17)12-2-5-15-6-3-12/h1-7,13H,8-11H2/t13-/m1/s1. The summed E-state index contributed by atoms with van der Waals surface area (Å²) in [6.45, 7) is 2.03. The summed E-state index contributed by atoms with van der Waals surface area (Å²) in [5.74, 6) is 0.0658. The first kappa shape index (κ1) is 12.8. The maximum Gasteiger partial charge on any atom is 0.244 e. The molecule has 2 aromatic heterocycles. The van der Waals surface area contributed by atoms with Crippen LogP contribution in [0.5, 0.6) is 0 Å². The van der Waals surface area contributed by atoms with Gasteiger partial charge in [0.2, 0.25) is 5.91 Å². The molecule has 1 aliphatic heterocycles. The van der Waals surface area contributed by atoms with Crippen molar-refractivity contribution in [2.45, 2.75) is 12.6 Å². The van der Waals surface area contributed by atoms with Crippen LogP contribution < -0.4 is 0 Å². The lowest BCUT2D eigenvalue weighted by atomic mass is 10.1. The fourth-order valence-electron chi connectivity index (χ4n) is 2.29. The van der Waals surface area contributed by atoms with E-state index in [0.717, 1.165) is 5.56 Å². The minimum Gasteiger partial charge on any atom is -0.370 e. The Morgan fingerprint density at radius 2 is 2.20 bits per heavy atom. The molecule has 2 aromatic rings. The molecule has 0 bridgehead atoms. The second-order valence-corrected chi connectivity index (χ2v) is 4.68. The summed E-state index contributed by atoms with van der Waals surface area (Å²) in [6.07, 6.45) is 6.87. The van der Waals surface area contributed by atoms with Gasteiger partial charge in [-0.25, -0.2) is 0 Å². The predicted molar refractivity (Wildman–Crippen MR) is 71.7 cm³/mol. The number of hydrogen-bond acceptors (Lipinski definition) is 4. The van der Waals surface area contributed by atoms with E-state index >= 15 is 0 Å². The van der Waals surface area contributed by atoms with E-state index in [-0.39, 0.29) is 18.6 Å². The van der Waals surface area contributed by atoms with Gasteiger partial charge >= 0.3 is 0 Å².